The summed E-state index contributed by atoms with van der Waals surface area (Å²) in [4.78, 5) is 11.0. The monoisotopic (exact) mass is 483 g/mol. The number of aromatic nitrogens is 2. The standard InChI is InChI=1S/C22H21N5O4S2/c1-12-6-14(4-5-17(12)27(28)29)21-16-9-19-18(30-11-31-19)8-15(16)7-13(2)26(25-21)22-24-23-20(33-22)10-32-3/h4-6,8-9,13H,7,10-11H2,1-3H3. The highest BCUT2D eigenvalue weighted by atomic mass is 32.2. The second-order valence-corrected chi connectivity index (χ2v) is 9.79. The smallest absolute Gasteiger partial charge is 0.272 e. The molecular weight excluding hydrogens is 462 g/mol. The largest absolute Gasteiger partial charge is 0.454 e. The maximum atomic E-state index is 11.3. The van der Waals surface area contributed by atoms with Crippen LogP contribution in [0.2, 0.25) is 0 Å². The lowest BCUT2D eigenvalue weighted by Crippen LogP contribution is -2.29. The van der Waals surface area contributed by atoms with Crippen LogP contribution in [0.4, 0.5) is 10.8 Å². The van der Waals surface area contributed by atoms with E-state index in [2.05, 4.69) is 17.1 Å². The van der Waals surface area contributed by atoms with Crippen LogP contribution < -0.4 is 14.5 Å². The minimum atomic E-state index is -0.372. The number of fused-ring (bicyclic) bond motifs is 2. The molecule has 9 nitrogen and oxygen atoms in total. The molecule has 0 aliphatic carbocycles. The predicted octanol–water partition coefficient (Wildman–Crippen LogP) is 4.55. The third-order valence-electron chi connectivity index (χ3n) is 5.58. The van der Waals surface area contributed by atoms with Crippen LogP contribution in [-0.2, 0) is 12.2 Å². The molecule has 0 radical (unpaired) electrons. The first-order valence-electron chi connectivity index (χ1n) is 10.3. The van der Waals surface area contributed by atoms with E-state index in [4.69, 9.17) is 14.6 Å². The molecule has 170 valence electrons. The van der Waals surface area contributed by atoms with E-state index in [9.17, 15) is 10.1 Å². The van der Waals surface area contributed by atoms with Crippen molar-refractivity contribution >= 4 is 39.6 Å². The molecule has 5 rings (SSSR count). The zero-order valence-electron chi connectivity index (χ0n) is 18.3. The Bertz CT molecular complexity index is 1280. The lowest BCUT2D eigenvalue weighted by Gasteiger charge is -2.21. The van der Waals surface area contributed by atoms with Crippen molar-refractivity contribution in [1.82, 2.24) is 10.2 Å². The summed E-state index contributed by atoms with van der Waals surface area (Å²) in [5, 5.41) is 28.7. The maximum absolute atomic E-state index is 11.3. The van der Waals surface area contributed by atoms with Gasteiger partial charge in [-0.3, -0.25) is 10.1 Å². The molecule has 11 heteroatoms. The molecular formula is C22H21N5O4S2. The first-order valence-corrected chi connectivity index (χ1v) is 12.5. The molecule has 0 saturated carbocycles. The Kier molecular flexibility index (Phi) is 5.67. The van der Waals surface area contributed by atoms with Crippen LogP contribution in [0.3, 0.4) is 0 Å². The summed E-state index contributed by atoms with van der Waals surface area (Å²) in [6.07, 6.45) is 2.74. The molecule has 33 heavy (non-hydrogen) atoms. The highest BCUT2D eigenvalue weighted by molar-refractivity contribution is 7.97. The lowest BCUT2D eigenvalue weighted by molar-refractivity contribution is -0.385. The molecule has 1 unspecified atom stereocenters. The number of thioether (sulfide) groups is 1. The van der Waals surface area contributed by atoms with Crippen molar-refractivity contribution in [3.63, 3.8) is 0 Å². The number of hydrogen-bond donors (Lipinski definition) is 0. The van der Waals surface area contributed by atoms with Crippen molar-refractivity contribution in [2.75, 3.05) is 18.1 Å². The van der Waals surface area contributed by atoms with Gasteiger partial charge in [0.05, 0.1) is 16.7 Å². The van der Waals surface area contributed by atoms with Gasteiger partial charge >= 0.3 is 0 Å². The van der Waals surface area contributed by atoms with Gasteiger partial charge in [-0.05, 0) is 56.4 Å². The van der Waals surface area contributed by atoms with Gasteiger partial charge in [0.1, 0.15) is 5.01 Å². The summed E-state index contributed by atoms with van der Waals surface area (Å²) in [6.45, 7) is 4.02. The van der Waals surface area contributed by atoms with Crippen LogP contribution in [0.5, 0.6) is 11.5 Å². The molecule has 0 spiro atoms. The average Bonchev–Trinajstić information content (AvgIpc) is 3.40. The van der Waals surface area contributed by atoms with Crippen molar-refractivity contribution in [1.29, 1.82) is 0 Å². The summed E-state index contributed by atoms with van der Waals surface area (Å²) >= 11 is 3.22. The molecule has 1 aromatic heterocycles. The van der Waals surface area contributed by atoms with E-state index < -0.39 is 0 Å². The number of nitro benzene ring substituents is 1. The van der Waals surface area contributed by atoms with Gasteiger partial charge in [-0.25, -0.2) is 5.01 Å². The topological polar surface area (TPSA) is 103 Å². The predicted molar refractivity (Wildman–Crippen MR) is 129 cm³/mol. The third kappa shape index (κ3) is 4.02. The first kappa shape index (κ1) is 21.7. The molecule has 3 heterocycles. The molecule has 2 aliphatic heterocycles. The Labute approximate surface area is 198 Å². The number of rotatable bonds is 5. The van der Waals surface area contributed by atoms with Gasteiger partial charge in [0.2, 0.25) is 11.9 Å². The molecule has 2 aliphatic rings. The lowest BCUT2D eigenvalue weighted by atomic mass is 9.93. The number of hydrazone groups is 1. The van der Waals surface area contributed by atoms with Gasteiger partial charge in [-0.2, -0.15) is 16.9 Å². The van der Waals surface area contributed by atoms with E-state index >= 15 is 0 Å². The Morgan fingerprint density at radius 3 is 2.76 bits per heavy atom. The van der Waals surface area contributed by atoms with Gasteiger partial charge in [-0.15, -0.1) is 10.2 Å². The number of benzene rings is 2. The summed E-state index contributed by atoms with van der Waals surface area (Å²) in [6, 6.07) is 9.04. The first-order chi connectivity index (χ1) is 15.9. The molecule has 3 aromatic rings. The number of ether oxygens (including phenoxy) is 2. The molecule has 0 N–H and O–H groups in total. The van der Waals surface area contributed by atoms with Gasteiger partial charge in [0.25, 0.3) is 5.69 Å². The van der Waals surface area contributed by atoms with Crippen molar-refractivity contribution in [2.24, 2.45) is 5.10 Å². The van der Waals surface area contributed by atoms with E-state index in [1.54, 1.807) is 30.8 Å². The second-order valence-electron chi connectivity index (χ2n) is 7.88. The fraction of sp³-hybridized carbons (Fsp3) is 0.318. The average molecular weight is 484 g/mol. The molecule has 0 amide bonds. The van der Waals surface area contributed by atoms with Crippen LogP contribution in [0.1, 0.15) is 34.2 Å². The van der Waals surface area contributed by atoms with Crippen molar-refractivity contribution in [2.45, 2.75) is 32.1 Å². The highest BCUT2D eigenvalue weighted by Gasteiger charge is 2.29. The van der Waals surface area contributed by atoms with E-state index in [-0.39, 0.29) is 23.4 Å². The Balaban J connectivity index is 1.67. The summed E-state index contributed by atoms with van der Waals surface area (Å²) in [5.74, 6) is 2.17. The normalized spacial score (nSPS) is 16.9. The van der Waals surface area contributed by atoms with Crippen molar-refractivity contribution in [3.8, 4) is 11.5 Å². The minimum absolute atomic E-state index is 0.0100. The number of nitro groups is 1. The quantitative estimate of drug-likeness (QED) is 0.385. The number of aryl methyl sites for hydroxylation is 1. The van der Waals surface area contributed by atoms with Crippen LogP contribution in [-0.4, -0.2) is 39.9 Å². The van der Waals surface area contributed by atoms with E-state index in [0.29, 0.717) is 29.2 Å². The summed E-state index contributed by atoms with van der Waals surface area (Å²) in [5.41, 5.74) is 4.12. The Hall–Kier alpha value is -3.18. The highest BCUT2D eigenvalue weighted by Crippen LogP contribution is 2.39. The number of nitrogens with zero attached hydrogens (tertiary/aromatic N) is 5. The van der Waals surface area contributed by atoms with Crippen LogP contribution >= 0.6 is 23.1 Å². The van der Waals surface area contributed by atoms with E-state index in [0.717, 1.165) is 32.6 Å². The Morgan fingerprint density at radius 1 is 1.24 bits per heavy atom. The molecule has 0 bridgehead atoms. The molecule has 1 atom stereocenters. The molecule has 2 aromatic carbocycles. The van der Waals surface area contributed by atoms with Crippen molar-refractivity contribution < 1.29 is 14.4 Å². The van der Waals surface area contributed by atoms with Gasteiger partial charge in [0, 0.05) is 28.5 Å². The fourth-order valence-corrected chi connectivity index (χ4v) is 5.59. The minimum Gasteiger partial charge on any atom is -0.454 e. The summed E-state index contributed by atoms with van der Waals surface area (Å²) < 4.78 is 11.2. The second kappa shape index (κ2) is 8.64. The summed E-state index contributed by atoms with van der Waals surface area (Å²) in [7, 11) is 0. The van der Waals surface area contributed by atoms with E-state index in [1.165, 1.54) is 17.4 Å². The molecule has 0 saturated heterocycles. The zero-order chi connectivity index (χ0) is 23.1. The Morgan fingerprint density at radius 2 is 2.03 bits per heavy atom. The maximum Gasteiger partial charge on any atom is 0.272 e. The van der Waals surface area contributed by atoms with Crippen LogP contribution in [0.15, 0.2) is 35.4 Å². The molecule has 0 fully saturated rings. The van der Waals surface area contributed by atoms with Gasteiger partial charge in [0.15, 0.2) is 11.5 Å². The van der Waals surface area contributed by atoms with E-state index in [1.807, 2.05) is 23.4 Å². The van der Waals surface area contributed by atoms with Gasteiger partial charge < -0.3 is 9.47 Å². The van der Waals surface area contributed by atoms with Crippen LogP contribution in [0.25, 0.3) is 0 Å². The number of hydrogen-bond acceptors (Lipinski definition) is 10. The third-order valence-corrected chi connectivity index (χ3v) is 7.24. The van der Waals surface area contributed by atoms with Gasteiger partial charge in [-0.1, -0.05) is 11.3 Å². The fourth-order valence-electron chi connectivity index (χ4n) is 4.01. The van der Waals surface area contributed by atoms with Crippen molar-refractivity contribution in [3.05, 3.63) is 67.7 Å². The SMILES string of the molecule is CSCc1nnc(N2N=C(c3ccc([N+](=O)[O-])c(C)c3)c3cc4c(cc3CC2C)OCO4)s1. The zero-order valence-corrected chi connectivity index (χ0v) is 19.9. The van der Waals surface area contributed by atoms with Crippen LogP contribution in [0, 0.1) is 17.0 Å². The number of anilines is 1.